The molecule has 1 atom stereocenters. The lowest BCUT2D eigenvalue weighted by molar-refractivity contribution is -0.141. The second-order valence-corrected chi connectivity index (χ2v) is 3.69. The van der Waals surface area contributed by atoms with Crippen LogP contribution in [-0.2, 0) is 4.79 Å². The van der Waals surface area contributed by atoms with Gasteiger partial charge in [0.05, 0.1) is 5.92 Å². The molecule has 1 aliphatic rings. The lowest BCUT2D eigenvalue weighted by Crippen LogP contribution is -2.39. The zero-order valence-electron chi connectivity index (χ0n) is 8.33. The molecule has 1 aromatic rings. The summed E-state index contributed by atoms with van der Waals surface area (Å²) in [7, 11) is 0. The Hall–Kier alpha value is -1.65. The van der Waals surface area contributed by atoms with E-state index in [0.29, 0.717) is 6.54 Å². The molecule has 2 heterocycles. The molecule has 5 nitrogen and oxygen atoms in total. The predicted octanol–water partition coefficient (Wildman–Crippen LogP) is 0.778. The third-order valence-electron chi connectivity index (χ3n) is 2.66. The van der Waals surface area contributed by atoms with Crippen LogP contribution in [0.5, 0.6) is 0 Å². The Kier molecular flexibility index (Phi) is 2.80. The molecule has 0 aliphatic carbocycles. The van der Waals surface area contributed by atoms with Crippen LogP contribution in [0.15, 0.2) is 18.6 Å². The first-order valence-corrected chi connectivity index (χ1v) is 5.01. The molecule has 0 saturated carbocycles. The Morgan fingerprint density at radius 2 is 2.47 bits per heavy atom. The van der Waals surface area contributed by atoms with Crippen molar-refractivity contribution in [3.8, 4) is 0 Å². The number of carbonyl (C=O) groups is 1. The first kappa shape index (κ1) is 9.89. The molecule has 1 aliphatic heterocycles. The zero-order chi connectivity index (χ0) is 10.7. The van der Waals surface area contributed by atoms with Gasteiger partial charge in [-0.25, -0.2) is 9.97 Å². The van der Waals surface area contributed by atoms with Gasteiger partial charge in [0.15, 0.2) is 0 Å². The van der Waals surface area contributed by atoms with Crippen molar-refractivity contribution >= 4 is 11.8 Å². The lowest BCUT2D eigenvalue weighted by Gasteiger charge is -2.31. The summed E-state index contributed by atoms with van der Waals surface area (Å²) in [5.41, 5.74) is 0. The van der Waals surface area contributed by atoms with Crippen molar-refractivity contribution in [3.05, 3.63) is 18.6 Å². The smallest absolute Gasteiger partial charge is 0.308 e. The van der Waals surface area contributed by atoms with Gasteiger partial charge in [0.25, 0.3) is 0 Å². The number of nitrogens with zero attached hydrogens (tertiary/aromatic N) is 3. The molecule has 1 fully saturated rings. The molecule has 0 aromatic carbocycles. The number of aliphatic carboxylic acids is 1. The molecule has 15 heavy (non-hydrogen) atoms. The topological polar surface area (TPSA) is 66.3 Å². The second kappa shape index (κ2) is 4.25. The first-order valence-electron chi connectivity index (χ1n) is 5.01. The Morgan fingerprint density at radius 3 is 3.13 bits per heavy atom. The summed E-state index contributed by atoms with van der Waals surface area (Å²) in [4.78, 5) is 20.8. The van der Waals surface area contributed by atoms with Gasteiger partial charge in [-0.15, -0.1) is 0 Å². The molecule has 0 amide bonds. The van der Waals surface area contributed by atoms with Gasteiger partial charge in [0.1, 0.15) is 12.1 Å². The van der Waals surface area contributed by atoms with E-state index in [0.717, 1.165) is 25.2 Å². The monoisotopic (exact) mass is 207 g/mol. The summed E-state index contributed by atoms with van der Waals surface area (Å²) in [5, 5.41) is 8.94. The number of carboxylic acids is 1. The molecule has 5 heteroatoms. The van der Waals surface area contributed by atoms with Crippen LogP contribution >= 0.6 is 0 Å². The van der Waals surface area contributed by atoms with Crippen LogP contribution in [0.4, 0.5) is 5.82 Å². The van der Waals surface area contributed by atoms with E-state index < -0.39 is 5.97 Å². The average molecular weight is 207 g/mol. The van der Waals surface area contributed by atoms with E-state index >= 15 is 0 Å². The molecule has 0 spiro atoms. The minimum atomic E-state index is -0.714. The Morgan fingerprint density at radius 1 is 1.60 bits per heavy atom. The summed E-state index contributed by atoms with van der Waals surface area (Å²) >= 11 is 0. The maximum Gasteiger partial charge on any atom is 0.308 e. The van der Waals surface area contributed by atoms with Crippen molar-refractivity contribution in [2.45, 2.75) is 12.8 Å². The van der Waals surface area contributed by atoms with E-state index in [1.807, 2.05) is 11.0 Å². The summed E-state index contributed by atoms with van der Waals surface area (Å²) in [6, 6.07) is 1.81. The highest BCUT2D eigenvalue weighted by molar-refractivity contribution is 5.71. The molecule has 0 radical (unpaired) electrons. The van der Waals surface area contributed by atoms with Crippen molar-refractivity contribution in [2.24, 2.45) is 5.92 Å². The van der Waals surface area contributed by atoms with Crippen LogP contribution in [-0.4, -0.2) is 34.1 Å². The van der Waals surface area contributed by atoms with Gasteiger partial charge in [-0.2, -0.15) is 0 Å². The molecule has 1 N–H and O–H groups in total. The Bertz CT molecular complexity index is 342. The highest BCUT2D eigenvalue weighted by Gasteiger charge is 2.25. The van der Waals surface area contributed by atoms with E-state index in [2.05, 4.69) is 9.97 Å². The van der Waals surface area contributed by atoms with Gasteiger partial charge in [0, 0.05) is 19.3 Å². The maximum atomic E-state index is 10.9. The standard InChI is InChI=1S/C10H13N3O2/c14-10(15)8-2-1-5-13(6-8)9-3-4-11-7-12-9/h3-4,7-8H,1-2,5-6H2,(H,14,15)/t8-/m1/s1. The van der Waals surface area contributed by atoms with Gasteiger partial charge < -0.3 is 10.0 Å². The van der Waals surface area contributed by atoms with Crippen molar-refractivity contribution in [1.82, 2.24) is 9.97 Å². The van der Waals surface area contributed by atoms with Gasteiger partial charge in [0.2, 0.25) is 0 Å². The van der Waals surface area contributed by atoms with E-state index in [9.17, 15) is 4.79 Å². The molecule has 0 bridgehead atoms. The normalized spacial score (nSPS) is 21.3. The molecule has 1 aromatic heterocycles. The molecule has 2 rings (SSSR count). The molecule has 0 unspecified atom stereocenters. The van der Waals surface area contributed by atoms with E-state index in [4.69, 9.17) is 5.11 Å². The number of aromatic nitrogens is 2. The highest BCUT2D eigenvalue weighted by Crippen LogP contribution is 2.20. The summed E-state index contributed by atoms with van der Waals surface area (Å²) in [6.45, 7) is 1.42. The minimum Gasteiger partial charge on any atom is -0.481 e. The second-order valence-electron chi connectivity index (χ2n) is 3.69. The first-order chi connectivity index (χ1) is 7.27. The number of hydrogen-bond acceptors (Lipinski definition) is 4. The SMILES string of the molecule is O=C(O)[C@@H]1CCCN(c2ccncn2)C1. The minimum absolute atomic E-state index is 0.270. The van der Waals surface area contributed by atoms with E-state index in [1.54, 1.807) is 6.20 Å². The number of hydrogen-bond donors (Lipinski definition) is 1. The van der Waals surface area contributed by atoms with Crippen LogP contribution in [0, 0.1) is 5.92 Å². The van der Waals surface area contributed by atoms with E-state index in [1.165, 1.54) is 6.33 Å². The third-order valence-corrected chi connectivity index (χ3v) is 2.66. The van der Waals surface area contributed by atoms with Crippen molar-refractivity contribution < 1.29 is 9.90 Å². The van der Waals surface area contributed by atoms with Gasteiger partial charge in [-0.1, -0.05) is 0 Å². The number of anilines is 1. The van der Waals surface area contributed by atoms with Gasteiger partial charge in [-0.05, 0) is 18.9 Å². The number of rotatable bonds is 2. The molecule has 1 saturated heterocycles. The fraction of sp³-hybridized carbons (Fsp3) is 0.500. The maximum absolute atomic E-state index is 10.9. The van der Waals surface area contributed by atoms with Crippen LogP contribution in [0.25, 0.3) is 0 Å². The van der Waals surface area contributed by atoms with Crippen molar-refractivity contribution in [2.75, 3.05) is 18.0 Å². The molecule has 80 valence electrons. The van der Waals surface area contributed by atoms with Gasteiger partial charge in [-0.3, -0.25) is 4.79 Å². The third kappa shape index (κ3) is 2.23. The van der Waals surface area contributed by atoms with E-state index in [-0.39, 0.29) is 5.92 Å². The quantitative estimate of drug-likeness (QED) is 0.776. The molecular weight excluding hydrogens is 194 g/mol. The Labute approximate surface area is 87.8 Å². The Balaban J connectivity index is 2.08. The van der Waals surface area contributed by atoms with Crippen molar-refractivity contribution in [3.63, 3.8) is 0 Å². The lowest BCUT2D eigenvalue weighted by atomic mass is 9.98. The predicted molar refractivity (Wildman–Crippen MR) is 54.6 cm³/mol. The highest BCUT2D eigenvalue weighted by atomic mass is 16.4. The fourth-order valence-corrected chi connectivity index (χ4v) is 1.86. The van der Waals surface area contributed by atoms with Gasteiger partial charge >= 0.3 is 5.97 Å². The zero-order valence-corrected chi connectivity index (χ0v) is 8.33. The molecular formula is C10H13N3O2. The van der Waals surface area contributed by atoms with Crippen LogP contribution < -0.4 is 4.90 Å². The number of carboxylic acid groups (broad SMARTS) is 1. The van der Waals surface area contributed by atoms with Crippen LogP contribution in [0.2, 0.25) is 0 Å². The average Bonchev–Trinajstić information content (AvgIpc) is 2.30. The largest absolute Gasteiger partial charge is 0.481 e. The summed E-state index contributed by atoms with van der Waals surface area (Å²) in [5.74, 6) is -0.168. The summed E-state index contributed by atoms with van der Waals surface area (Å²) in [6.07, 6.45) is 4.82. The fourth-order valence-electron chi connectivity index (χ4n) is 1.86. The van der Waals surface area contributed by atoms with Crippen LogP contribution in [0.1, 0.15) is 12.8 Å². The summed E-state index contributed by atoms with van der Waals surface area (Å²) < 4.78 is 0. The number of piperidine rings is 1. The van der Waals surface area contributed by atoms with Crippen molar-refractivity contribution in [1.29, 1.82) is 0 Å². The van der Waals surface area contributed by atoms with Crippen LogP contribution in [0.3, 0.4) is 0 Å².